The van der Waals surface area contributed by atoms with Gasteiger partial charge < -0.3 is 15.0 Å². The molecule has 0 atom stereocenters. The van der Waals surface area contributed by atoms with Crippen LogP contribution < -0.4 is 10.5 Å². The first kappa shape index (κ1) is 22.5. The van der Waals surface area contributed by atoms with Gasteiger partial charge in [0, 0.05) is 22.9 Å². The number of primary amides is 1. The zero-order valence-corrected chi connectivity index (χ0v) is 18.5. The Hall–Kier alpha value is -4.26. The Morgan fingerprint density at radius 3 is 2.26 bits per heavy atom. The van der Waals surface area contributed by atoms with Gasteiger partial charge in [-0.3, -0.25) is 4.79 Å². The van der Waals surface area contributed by atoms with E-state index in [-0.39, 0.29) is 5.56 Å². The van der Waals surface area contributed by atoms with Crippen LogP contribution in [0.5, 0.6) is 5.75 Å². The molecule has 1 amide bonds. The molecule has 1 aromatic heterocycles. The molecule has 0 aliphatic carbocycles. The highest BCUT2D eigenvalue weighted by molar-refractivity contribution is 6.18. The average molecular weight is 474 g/mol. The summed E-state index contributed by atoms with van der Waals surface area (Å²) in [4.78, 5) is 12.1. The summed E-state index contributed by atoms with van der Waals surface area (Å²) < 4.78 is 48.1. The van der Waals surface area contributed by atoms with E-state index in [1.807, 2.05) is 54.6 Å². The quantitative estimate of drug-likeness (QED) is 0.304. The lowest BCUT2D eigenvalue weighted by Crippen LogP contribution is -2.11. The number of halogens is 3. The highest BCUT2D eigenvalue weighted by atomic mass is 19.4. The molecule has 0 saturated carbocycles. The number of hydrogen-bond donors (Lipinski definition) is 1. The number of fused-ring (bicyclic) bond motifs is 3. The van der Waals surface area contributed by atoms with Gasteiger partial charge in [0.05, 0.1) is 16.6 Å². The van der Waals surface area contributed by atoms with E-state index in [1.54, 1.807) is 22.8 Å². The maximum Gasteiger partial charge on any atom is 0.416 e. The normalized spacial score (nSPS) is 11.7. The third-order valence-corrected chi connectivity index (χ3v) is 6.00. The van der Waals surface area contributed by atoms with Crippen LogP contribution in [0.4, 0.5) is 13.2 Å². The van der Waals surface area contributed by atoms with Crippen LogP contribution >= 0.6 is 0 Å². The predicted octanol–water partition coefficient (Wildman–Crippen LogP) is 6.54. The lowest BCUT2D eigenvalue weighted by atomic mass is 10.0. The summed E-state index contributed by atoms with van der Waals surface area (Å²) in [5, 5.41) is 1.09. The van der Waals surface area contributed by atoms with Crippen LogP contribution in [0, 0.1) is 0 Å². The van der Waals surface area contributed by atoms with Gasteiger partial charge in [-0.1, -0.05) is 54.6 Å². The Balaban J connectivity index is 1.53. The van der Waals surface area contributed by atoms with Crippen molar-refractivity contribution in [2.45, 2.75) is 19.3 Å². The zero-order valence-electron chi connectivity index (χ0n) is 18.5. The third-order valence-electron chi connectivity index (χ3n) is 6.00. The number of nitrogens with zero attached hydrogens (tertiary/aromatic N) is 1. The molecule has 0 aliphatic heterocycles. The monoisotopic (exact) mass is 474 g/mol. The number of ether oxygens (including phenoxy) is 1. The Kier molecular flexibility index (Phi) is 5.68. The van der Waals surface area contributed by atoms with Gasteiger partial charge in [0.2, 0.25) is 5.91 Å². The first-order chi connectivity index (χ1) is 16.8. The molecule has 176 valence electrons. The van der Waals surface area contributed by atoms with E-state index >= 15 is 0 Å². The van der Waals surface area contributed by atoms with Crippen molar-refractivity contribution in [3.63, 3.8) is 0 Å². The molecule has 0 bridgehead atoms. The van der Waals surface area contributed by atoms with Gasteiger partial charge in [0.15, 0.2) is 0 Å². The summed E-state index contributed by atoms with van der Waals surface area (Å²) in [6.45, 7) is 0.742. The molecule has 5 rings (SSSR count). The summed E-state index contributed by atoms with van der Waals surface area (Å²) in [6.07, 6.45) is -4.49. The number of carbonyl (C=O) groups is 1. The van der Waals surface area contributed by atoms with E-state index in [4.69, 9.17) is 10.5 Å². The van der Waals surface area contributed by atoms with Gasteiger partial charge in [-0.25, -0.2) is 0 Å². The minimum Gasteiger partial charge on any atom is -0.489 e. The molecule has 0 aliphatic rings. The summed E-state index contributed by atoms with van der Waals surface area (Å²) in [6, 6.07) is 25.8. The molecule has 5 aromatic rings. The van der Waals surface area contributed by atoms with Crippen LogP contribution in [-0.2, 0) is 19.3 Å². The number of amides is 1. The number of aromatic nitrogens is 1. The lowest BCUT2D eigenvalue weighted by molar-refractivity contribution is -0.137. The maximum absolute atomic E-state index is 13.5. The molecule has 0 radical (unpaired) electrons. The van der Waals surface area contributed by atoms with Gasteiger partial charge in [-0.05, 0) is 47.5 Å². The first-order valence-electron chi connectivity index (χ1n) is 11.0. The van der Waals surface area contributed by atoms with Crippen molar-refractivity contribution in [2.24, 2.45) is 5.73 Å². The van der Waals surface area contributed by atoms with Gasteiger partial charge in [0.25, 0.3) is 0 Å². The van der Waals surface area contributed by atoms with Crippen LogP contribution in [0.15, 0.2) is 91.0 Å². The van der Waals surface area contributed by atoms with Crippen LogP contribution in [0.2, 0.25) is 0 Å². The first-order valence-corrected chi connectivity index (χ1v) is 11.0. The van der Waals surface area contributed by atoms with E-state index in [2.05, 4.69) is 0 Å². The molecule has 0 fully saturated rings. The SMILES string of the molecule is NC(=O)c1cccc2c1c1ccc(C(F)(F)F)cc1n2Cc1ccc(OCc2ccccc2)cc1. The minimum atomic E-state index is -4.49. The van der Waals surface area contributed by atoms with Gasteiger partial charge in [-0.2, -0.15) is 13.2 Å². The second-order valence-corrected chi connectivity index (χ2v) is 8.30. The Morgan fingerprint density at radius 1 is 0.829 bits per heavy atom. The summed E-state index contributed by atoms with van der Waals surface area (Å²) in [7, 11) is 0. The second-order valence-electron chi connectivity index (χ2n) is 8.30. The molecule has 2 N–H and O–H groups in total. The fourth-order valence-corrected chi connectivity index (χ4v) is 4.31. The molecule has 4 nitrogen and oxygen atoms in total. The van der Waals surface area contributed by atoms with E-state index in [0.717, 1.165) is 23.3 Å². The van der Waals surface area contributed by atoms with Crippen molar-refractivity contribution < 1.29 is 22.7 Å². The second kappa shape index (κ2) is 8.83. The topological polar surface area (TPSA) is 57.2 Å². The Bertz CT molecular complexity index is 1520. The largest absolute Gasteiger partial charge is 0.489 e. The van der Waals surface area contributed by atoms with Gasteiger partial charge in [-0.15, -0.1) is 0 Å². The predicted molar refractivity (Wildman–Crippen MR) is 129 cm³/mol. The number of carbonyl (C=O) groups excluding carboxylic acids is 1. The zero-order chi connectivity index (χ0) is 24.6. The smallest absolute Gasteiger partial charge is 0.416 e. The minimum absolute atomic E-state index is 0.274. The molecular weight excluding hydrogens is 453 g/mol. The van der Waals surface area contributed by atoms with Crippen LogP contribution in [0.3, 0.4) is 0 Å². The van der Waals surface area contributed by atoms with E-state index in [1.165, 1.54) is 6.07 Å². The summed E-state index contributed by atoms with van der Waals surface area (Å²) >= 11 is 0. The molecule has 0 unspecified atom stereocenters. The average Bonchev–Trinajstić information content (AvgIpc) is 3.16. The van der Waals surface area contributed by atoms with E-state index in [9.17, 15) is 18.0 Å². The third kappa shape index (κ3) is 4.45. The number of hydrogen-bond acceptors (Lipinski definition) is 2. The number of nitrogens with two attached hydrogens (primary N) is 1. The lowest BCUT2D eigenvalue weighted by Gasteiger charge is -2.11. The fourth-order valence-electron chi connectivity index (χ4n) is 4.31. The molecule has 7 heteroatoms. The van der Waals surface area contributed by atoms with Crippen molar-refractivity contribution in [3.8, 4) is 5.75 Å². The van der Waals surface area contributed by atoms with Gasteiger partial charge in [0.1, 0.15) is 12.4 Å². The highest BCUT2D eigenvalue weighted by Gasteiger charge is 2.31. The standard InChI is InChI=1S/C28H21F3N2O2/c29-28(30,31)20-11-14-22-25(15-20)33(24-8-4-7-23(26(22)24)27(32)34)16-18-9-12-21(13-10-18)35-17-19-5-2-1-3-6-19/h1-15H,16-17H2,(H2,32,34). The van der Waals surface area contributed by atoms with E-state index < -0.39 is 17.6 Å². The summed E-state index contributed by atoms with van der Waals surface area (Å²) in [5.74, 6) is 0.0599. The molecule has 35 heavy (non-hydrogen) atoms. The van der Waals surface area contributed by atoms with Crippen LogP contribution in [-0.4, -0.2) is 10.5 Å². The van der Waals surface area contributed by atoms with Crippen molar-refractivity contribution in [1.82, 2.24) is 4.57 Å². The molecule has 0 spiro atoms. The Labute approximate surface area is 199 Å². The van der Waals surface area contributed by atoms with Crippen molar-refractivity contribution in [1.29, 1.82) is 0 Å². The van der Waals surface area contributed by atoms with Crippen LogP contribution in [0.25, 0.3) is 21.8 Å². The van der Waals surface area contributed by atoms with Crippen molar-refractivity contribution in [2.75, 3.05) is 0 Å². The van der Waals surface area contributed by atoms with Gasteiger partial charge >= 0.3 is 6.18 Å². The Morgan fingerprint density at radius 2 is 1.57 bits per heavy atom. The molecular formula is C28H21F3N2O2. The number of rotatable bonds is 6. The highest BCUT2D eigenvalue weighted by Crippen LogP contribution is 2.37. The number of alkyl halides is 3. The fraction of sp³-hybridized carbons (Fsp3) is 0.107. The van der Waals surface area contributed by atoms with Crippen molar-refractivity contribution in [3.05, 3.63) is 113 Å². The van der Waals surface area contributed by atoms with Crippen LogP contribution in [0.1, 0.15) is 27.0 Å². The van der Waals surface area contributed by atoms with Crippen molar-refractivity contribution >= 4 is 27.7 Å². The van der Waals surface area contributed by atoms with E-state index in [0.29, 0.717) is 40.7 Å². The molecule has 0 saturated heterocycles. The maximum atomic E-state index is 13.5. The molecule has 1 heterocycles. The number of benzene rings is 4. The molecule has 4 aromatic carbocycles. The summed E-state index contributed by atoms with van der Waals surface area (Å²) in [5.41, 5.74) is 8.04.